The molecule has 3 rings (SSSR count). The van der Waals surface area contributed by atoms with E-state index in [0.717, 1.165) is 0 Å². The molecule has 0 fully saturated rings. The van der Waals surface area contributed by atoms with Gasteiger partial charge in [-0.2, -0.15) is 0 Å². The van der Waals surface area contributed by atoms with Crippen LogP contribution in [0.3, 0.4) is 0 Å². The fourth-order valence-electron chi connectivity index (χ4n) is 3.79. The highest BCUT2D eigenvalue weighted by Crippen LogP contribution is 2.53. The number of fused-ring (bicyclic) bond motifs is 1. The summed E-state index contributed by atoms with van der Waals surface area (Å²) in [5.41, 5.74) is 0.759. The second kappa shape index (κ2) is 7.50. The first-order chi connectivity index (χ1) is 12.9. The average Bonchev–Trinajstić information content (AvgIpc) is 2.85. The number of aliphatic hydroxyl groups excluding tert-OH is 1. The van der Waals surface area contributed by atoms with Crippen LogP contribution in [0.25, 0.3) is 0 Å². The number of amides is 1. The van der Waals surface area contributed by atoms with E-state index >= 15 is 0 Å². The molecule has 0 heterocycles. The van der Waals surface area contributed by atoms with Crippen molar-refractivity contribution in [3.05, 3.63) is 65.2 Å². The Bertz CT molecular complexity index is 848. The van der Waals surface area contributed by atoms with Gasteiger partial charge in [-0.15, -0.1) is 0 Å². The van der Waals surface area contributed by atoms with Crippen LogP contribution < -0.4 is 5.32 Å². The number of hydrogen-bond donors (Lipinski definition) is 3. The number of esters is 1. The fourth-order valence-corrected chi connectivity index (χ4v) is 3.79. The molecule has 0 aromatic heterocycles. The molecular formula is C21H23NO5. The molecule has 3 atom stereocenters. The van der Waals surface area contributed by atoms with Crippen molar-refractivity contribution < 1.29 is 24.5 Å². The lowest BCUT2D eigenvalue weighted by Gasteiger charge is -2.32. The average molecular weight is 369 g/mol. The normalized spacial score (nSPS) is 23.6. The molecule has 3 unspecified atom stereocenters. The first kappa shape index (κ1) is 19.1. The topological polar surface area (TPSA) is 95.9 Å². The van der Waals surface area contributed by atoms with Gasteiger partial charge in [-0.05, 0) is 35.7 Å². The van der Waals surface area contributed by atoms with E-state index in [-0.39, 0.29) is 18.9 Å². The molecule has 1 amide bonds. The summed E-state index contributed by atoms with van der Waals surface area (Å²) in [5, 5.41) is 25.2. The SMILES string of the molecule is CCOC(=O)CC1C(O)c2ccccc2C1(O)c1ccc(NC(C)=O)cc1. The molecule has 2 aromatic rings. The van der Waals surface area contributed by atoms with E-state index in [2.05, 4.69) is 5.32 Å². The van der Waals surface area contributed by atoms with Crippen LogP contribution in [0, 0.1) is 5.92 Å². The van der Waals surface area contributed by atoms with Gasteiger partial charge in [-0.1, -0.05) is 36.4 Å². The Kier molecular flexibility index (Phi) is 5.30. The molecule has 3 N–H and O–H groups in total. The first-order valence-electron chi connectivity index (χ1n) is 8.91. The van der Waals surface area contributed by atoms with Gasteiger partial charge in [0.05, 0.1) is 19.1 Å². The maximum Gasteiger partial charge on any atom is 0.306 e. The molecule has 142 valence electrons. The summed E-state index contributed by atoms with van der Waals surface area (Å²) in [6.07, 6.45) is -1.11. The van der Waals surface area contributed by atoms with Gasteiger partial charge < -0.3 is 20.3 Å². The summed E-state index contributed by atoms with van der Waals surface area (Å²) in [7, 11) is 0. The molecular weight excluding hydrogens is 346 g/mol. The van der Waals surface area contributed by atoms with E-state index in [4.69, 9.17) is 4.74 Å². The van der Waals surface area contributed by atoms with E-state index in [1.54, 1.807) is 55.5 Å². The van der Waals surface area contributed by atoms with Gasteiger partial charge in [0.2, 0.25) is 5.91 Å². The predicted octanol–water partition coefficient (Wildman–Crippen LogP) is 2.50. The number of ether oxygens (including phenoxy) is 1. The maximum atomic E-state index is 12.1. The molecule has 0 aliphatic heterocycles. The Morgan fingerprint density at radius 2 is 1.81 bits per heavy atom. The van der Waals surface area contributed by atoms with E-state index in [9.17, 15) is 19.8 Å². The molecule has 6 heteroatoms. The van der Waals surface area contributed by atoms with Crippen molar-refractivity contribution in [2.45, 2.75) is 32.0 Å². The van der Waals surface area contributed by atoms with Crippen LogP contribution in [0.2, 0.25) is 0 Å². The van der Waals surface area contributed by atoms with Crippen molar-refractivity contribution in [2.24, 2.45) is 5.92 Å². The number of anilines is 1. The minimum atomic E-state index is -1.54. The van der Waals surface area contributed by atoms with Crippen molar-refractivity contribution in [3.63, 3.8) is 0 Å². The quantitative estimate of drug-likeness (QED) is 0.704. The highest BCUT2D eigenvalue weighted by atomic mass is 16.5. The number of nitrogens with one attached hydrogen (secondary N) is 1. The number of aliphatic hydroxyl groups is 2. The first-order valence-corrected chi connectivity index (χ1v) is 8.91. The number of carbonyl (C=O) groups is 2. The van der Waals surface area contributed by atoms with Gasteiger partial charge in [0.25, 0.3) is 0 Å². The van der Waals surface area contributed by atoms with Crippen LogP contribution in [0.5, 0.6) is 0 Å². The number of benzene rings is 2. The van der Waals surface area contributed by atoms with Crippen LogP contribution in [0.15, 0.2) is 48.5 Å². The van der Waals surface area contributed by atoms with Crippen molar-refractivity contribution in [3.8, 4) is 0 Å². The lowest BCUT2D eigenvalue weighted by atomic mass is 9.78. The summed E-state index contributed by atoms with van der Waals surface area (Å²) < 4.78 is 5.03. The summed E-state index contributed by atoms with van der Waals surface area (Å²) in [6.45, 7) is 3.36. The maximum absolute atomic E-state index is 12.1. The summed E-state index contributed by atoms with van der Waals surface area (Å²) in [5.74, 6) is -1.44. The summed E-state index contributed by atoms with van der Waals surface area (Å²) in [6, 6.07) is 13.8. The Hall–Kier alpha value is -2.70. The van der Waals surface area contributed by atoms with Crippen LogP contribution in [-0.4, -0.2) is 28.7 Å². The van der Waals surface area contributed by atoms with Crippen LogP contribution in [-0.2, 0) is 19.9 Å². The van der Waals surface area contributed by atoms with Crippen LogP contribution in [0.4, 0.5) is 5.69 Å². The van der Waals surface area contributed by atoms with Crippen molar-refractivity contribution in [2.75, 3.05) is 11.9 Å². The van der Waals surface area contributed by atoms with Gasteiger partial charge in [0, 0.05) is 18.5 Å². The van der Waals surface area contributed by atoms with E-state index in [1.165, 1.54) is 6.92 Å². The highest BCUT2D eigenvalue weighted by Gasteiger charge is 2.52. The molecule has 6 nitrogen and oxygen atoms in total. The van der Waals surface area contributed by atoms with Crippen molar-refractivity contribution >= 4 is 17.6 Å². The van der Waals surface area contributed by atoms with Crippen molar-refractivity contribution in [1.29, 1.82) is 0 Å². The van der Waals surface area contributed by atoms with Gasteiger partial charge in [0.1, 0.15) is 5.60 Å². The van der Waals surface area contributed by atoms with Gasteiger partial charge in [-0.3, -0.25) is 9.59 Å². The van der Waals surface area contributed by atoms with Gasteiger partial charge in [-0.25, -0.2) is 0 Å². The highest BCUT2D eigenvalue weighted by molar-refractivity contribution is 5.88. The molecule has 0 spiro atoms. The molecule has 1 aliphatic carbocycles. The zero-order chi connectivity index (χ0) is 19.6. The van der Waals surface area contributed by atoms with E-state index < -0.39 is 23.6 Å². The van der Waals surface area contributed by atoms with Gasteiger partial charge in [0.15, 0.2) is 0 Å². The Morgan fingerprint density at radius 3 is 2.44 bits per heavy atom. The van der Waals surface area contributed by atoms with Crippen LogP contribution >= 0.6 is 0 Å². The molecule has 0 saturated heterocycles. The van der Waals surface area contributed by atoms with Crippen LogP contribution in [0.1, 0.15) is 43.1 Å². The zero-order valence-electron chi connectivity index (χ0n) is 15.3. The predicted molar refractivity (Wildman–Crippen MR) is 99.9 cm³/mol. The minimum Gasteiger partial charge on any atom is -0.466 e. The number of carbonyl (C=O) groups excluding carboxylic acids is 2. The second-order valence-electron chi connectivity index (χ2n) is 6.67. The third-order valence-electron chi connectivity index (χ3n) is 4.95. The molecule has 1 aliphatic rings. The minimum absolute atomic E-state index is 0.117. The molecule has 27 heavy (non-hydrogen) atoms. The van der Waals surface area contributed by atoms with E-state index in [0.29, 0.717) is 22.4 Å². The van der Waals surface area contributed by atoms with E-state index in [1.807, 2.05) is 0 Å². The molecule has 0 bridgehead atoms. The standard InChI is InChI=1S/C21H23NO5/c1-3-27-19(24)12-18-20(25)16-6-4-5-7-17(16)21(18,26)14-8-10-15(11-9-14)22-13(2)23/h4-11,18,20,25-26H,3,12H2,1-2H3,(H,22,23). The zero-order valence-corrected chi connectivity index (χ0v) is 15.3. The third kappa shape index (κ3) is 3.46. The summed E-state index contributed by atoms with van der Waals surface area (Å²) in [4.78, 5) is 23.3. The monoisotopic (exact) mass is 369 g/mol. The third-order valence-corrected chi connectivity index (χ3v) is 4.95. The van der Waals surface area contributed by atoms with Gasteiger partial charge >= 0.3 is 5.97 Å². The largest absolute Gasteiger partial charge is 0.466 e. The van der Waals surface area contributed by atoms with Crippen molar-refractivity contribution in [1.82, 2.24) is 0 Å². The number of rotatable bonds is 5. The molecule has 2 aromatic carbocycles. The Labute approximate surface area is 157 Å². The summed E-state index contributed by atoms with van der Waals surface area (Å²) >= 11 is 0. The molecule has 0 radical (unpaired) electrons. The molecule has 0 saturated carbocycles. The Morgan fingerprint density at radius 1 is 1.15 bits per heavy atom. The fraction of sp³-hybridized carbons (Fsp3) is 0.333. The lowest BCUT2D eigenvalue weighted by Crippen LogP contribution is -2.36. The lowest BCUT2D eigenvalue weighted by molar-refractivity contribution is -0.148. The smallest absolute Gasteiger partial charge is 0.306 e. The second-order valence-corrected chi connectivity index (χ2v) is 6.67. The Balaban J connectivity index is 2.03. The number of hydrogen-bond acceptors (Lipinski definition) is 5.